The number of aromatic nitrogens is 3. The van der Waals surface area contributed by atoms with Crippen LogP contribution in [0.2, 0.25) is 0 Å². The van der Waals surface area contributed by atoms with E-state index < -0.39 is 6.23 Å². The molecule has 0 radical (unpaired) electrons. The van der Waals surface area contributed by atoms with Gasteiger partial charge in [0.05, 0.1) is 17.4 Å². The zero-order chi connectivity index (χ0) is 24.4. The van der Waals surface area contributed by atoms with Gasteiger partial charge in [-0.25, -0.2) is 9.50 Å². The highest BCUT2D eigenvalue weighted by Crippen LogP contribution is 2.40. The van der Waals surface area contributed by atoms with E-state index in [1.807, 2.05) is 24.0 Å². The molecule has 3 heterocycles. The van der Waals surface area contributed by atoms with Gasteiger partial charge in [0.2, 0.25) is 0 Å². The van der Waals surface area contributed by atoms with Crippen molar-refractivity contribution >= 4 is 17.4 Å². The van der Waals surface area contributed by atoms with Gasteiger partial charge >= 0.3 is 0 Å². The molecule has 9 heteroatoms. The van der Waals surface area contributed by atoms with E-state index in [-0.39, 0.29) is 29.9 Å². The summed E-state index contributed by atoms with van der Waals surface area (Å²) in [7, 11) is 0. The molecule has 3 aromatic rings. The van der Waals surface area contributed by atoms with E-state index in [1.54, 1.807) is 10.7 Å². The standard InChI is InChI=1S/C26H32N6O3/c1-13-9-16(10-17-12-31(26(35)21(13)17)14(2)15-3-4-15)20-7-8-32-24(29-20)22(23(27)30-32)25(34)28-18-5-6-19(33)11-18/h7-10,14-15,18-19,25,28,33-34H,3-6,11-12H2,1-2H3,(H2,27,30)/t14-,18+,19+,25?/m0/s1. The van der Waals surface area contributed by atoms with Crippen molar-refractivity contribution in [1.29, 1.82) is 0 Å². The SMILES string of the molecule is Cc1cc(-c2ccn3nc(N)c(C(O)N[C@@H]4CC[C@@H](O)C4)c3n2)cc2c1C(=O)N([C@@H](C)C1CC1)C2. The predicted octanol–water partition coefficient (Wildman–Crippen LogP) is 2.54. The lowest BCUT2D eigenvalue weighted by molar-refractivity contribution is 0.0697. The minimum atomic E-state index is -1.04. The molecular weight excluding hydrogens is 444 g/mol. The second-order valence-corrected chi connectivity index (χ2v) is 10.5. The minimum Gasteiger partial charge on any atom is -0.393 e. The number of hydrogen-bond donors (Lipinski definition) is 4. The van der Waals surface area contributed by atoms with Gasteiger partial charge in [-0.15, -0.1) is 5.10 Å². The van der Waals surface area contributed by atoms with Crippen molar-refractivity contribution in [2.24, 2.45) is 5.92 Å². The normalized spacial score (nSPS) is 23.8. The van der Waals surface area contributed by atoms with Gasteiger partial charge in [-0.05, 0) is 81.2 Å². The Balaban J connectivity index is 1.33. The molecular formula is C26H32N6O3. The maximum absolute atomic E-state index is 13.1. The van der Waals surface area contributed by atoms with Gasteiger partial charge in [0.1, 0.15) is 6.23 Å². The second kappa shape index (κ2) is 8.29. The Morgan fingerprint density at radius 2 is 2.03 bits per heavy atom. The van der Waals surface area contributed by atoms with Crippen molar-refractivity contribution < 1.29 is 15.0 Å². The minimum absolute atomic E-state index is 0.00964. The maximum atomic E-state index is 13.1. The van der Waals surface area contributed by atoms with Crippen molar-refractivity contribution in [3.63, 3.8) is 0 Å². The Kier molecular flexibility index (Phi) is 5.32. The van der Waals surface area contributed by atoms with Crippen LogP contribution in [0.3, 0.4) is 0 Å². The molecule has 184 valence electrons. The van der Waals surface area contributed by atoms with E-state index in [4.69, 9.17) is 10.7 Å². The first kappa shape index (κ1) is 22.5. The van der Waals surface area contributed by atoms with Crippen LogP contribution in [0.15, 0.2) is 24.4 Å². The van der Waals surface area contributed by atoms with Crippen LogP contribution in [-0.4, -0.2) is 53.8 Å². The summed E-state index contributed by atoms with van der Waals surface area (Å²) >= 11 is 0. The first-order valence-corrected chi connectivity index (χ1v) is 12.5. The number of benzene rings is 1. The smallest absolute Gasteiger partial charge is 0.255 e. The van der Waals surface area contributed by atoms with E-state index in [9.17, 15) is 15.0 Å². The second-order valence-electron chi connectivity index (χ2n) is 10.5. The Labute approximate surface area is 204 Å². The van der Waals surface area contributed by atoms with E-state index in [0.717, 1.165) is 34.4 Å². The van der Waals surface area contributed by atoms with Gasteiger partial charge in [-0.1, -0.05) is 0 Å². The zero-order valence-electron chi connectivity index (χ0n) is 20.1. The molecule has 3 aliphatic rings. The number of rotatable bonds is 6. The molecule has 4 atom stereocenters. The first-order valence-electron chi connectivity index (χ1n) is 12.5. The Morgan fingerprint density at radius 1 is 1.23 bits per heavy atom. The summed E-state index contributed by atoms with van der Waals surface area (Å²) < 4.78 is 1.57. The number of nitrogens with two attached hydrogens (primary N) is 1. The van der Waals surface area contributed by atoms with E-state index in [2.05, 4.69) is 23.4 Å². The topological polar surface area (TPSA) is 129 Å². The molecule has 6 rings (SSSR count). The molecule has 1 aliphatic heterocycles. The number of nitrogens with zero attached hydrogens (tertiary/aromatic N) is 4. The summed E-state index contributed by atoms with van der Waals surface area (Å²) in [5.74, 6) is 0.966. The van der Waals surface area contributed by atoms with E-state index >= 15 is 0 Å². The maximum Gasteiger partial charge on any atom is 0.255 e. The van der Waals surface area contributed by atoms with Crippen LogP contribution >= 0.6 is 0 Å². The molecule has 2 fully saturated rings. The van der Waals surface area contributed by atoms with Crippen LogP contribution in [0.1, 0.15) is 72.3 Å². The number of aliphatic hydroxyl groups excluding tert-OH is 2. The number of aliphatic hydroxyl groups is 2. The van der Waals surface area contributed by atoms with Crippen LogP contribution in [-0.2, 0) is 6.54 Å². The largest absolute Gasteiger partial charge is 0.393 e. The molecule has 2 saturated carbocycles. The lowest BCUT2D eigenvalue weighted by atomic mass is 9.98. The van der Waals surface area contributed by atoms with Crippen LogP contribution in [0.5, 0.6) is 0 Å². The highest BCUT2D eigenvalue weighted by Gasteiger charge is 2.39. The summed E-state index contributed by atoms with van der Waals surface area (Å²) in [6, 6.07) is 6.22. The molecule has 1 aromatic carbocycles. The summed E-state index contributed by atoms with van der Waals surface area (Å²) in [5.41, 5.74) is 11.5. The fraction of sp³-hybridized carbons (Fsp3) is 0.500. The lowest BCUT2D eigenvalue weighted by Gasteiger charge is -2.24. The Bertz CT molecular complexity index is 1320. The molecule has 1 unspecified atom stereocenters. The average Bonchev–Trinajstić information content (AvgIpc) is 3.39. The average molecular weight is 477 g/mol. The third-order valence-electron chi connectivity index (χ3n) is 7.95. The monoisotopic (exact) mass is 476 g/mol. The number of carbonyl (C=O) groups excluding carboxylic acids is 1. The third-order valence-corrected chi connectivity index (χ3v) is 7.95. The van der Waals surface area contributed by atoms with Gasteiger partial charge in [0.15, 0.2) is 11.5 Å². The number of aryl methyl sites for hydroxylation is 1. The van der Waals surface area contributed by atoms with Gasteiger partial charge in [-0.2, -0.15) is 0 Å². The summed E-state index contributed by atoms with van der Waals surface area (Å²) in [6.07, 6.45) is 4.92. The summed E-state index contributed by atoms with van der Waals surface area (Å²) in [5, 5.41) is 28.2. The Hall–Kier alpha value is -3.01. The number of amides is 1. The van der Waals surface area contributed by atoms with Crippen molar-refractivity contribution in [2.45, 2.75) is 76.9 Å². The molecule has 0 spiro atoms. The lowest BCUT2D eigenvalue weighted by Crippen LogP contribution is -2.34. The van der Waals surface area contributed by atoms with Crippen LogP contribution in [0, 0.1) is 12.8 Å². The van der Waals surface area contributed by atoms with Crippen LogP contribution in [0.25, 0.3) is 16.9 Å². The molecule has 9 nitrogen and oxygen atoms in total. The number of fused-ring (bicyclic) bond motifs is 2. The van der Waals surface area contributed by atoms with Gasteiger partial charge in [0.25, 0.3) is 5.91 Å². The third kappa shape index (κ3) is 3.87. The first-order chi connectivity index (χ1) is 16.8. The van der Waals surface area contributed by atoms with E-state index in [0.29, 0.717) is 36.5 Å². The molecule has 1 amide bonds. The zero-order valence-corrected chi connectivity index (χ0v) is 20.1. The van der Waals surface area contributed by atoms with Crippen LogP contribution in [0.4, 0.5) is 5.82 Å². The molecule has 0 bridgehead atoms. The fourth-order valence-electron chi connectivity index (χ4n) is 5.80. The van der Waals surface area contributed by atoms with Gasteiger partial charge in [-0.3, -0.25) is 10.1 Å². The predicted molar refractivity (Wildman–Crippen MR) is 131 cm³/mol. The van der Waals surface area contributed by atoms with Crippen LogP contribution < -0.4 is 11.1 Å². The highest BCUT2D eigenvalue weighted by atomic mass is 16.3. The van der Waals surface area contributed by atoms with Crippen molar-refractivity contribution in [2.75, 3.05) is 5.73 Å². The fourth-order valence-corrected chi connectivity index (χ4v) is 5.80. The Morgan fingerprint density at radius 3 is 2.74 bits per heavy atom. The van der Waals surface area contributed by atoms with Crippen molar-refractivity contribution in [1.82, 2.24) is 24.8 Å². The summed E-state index contributed by atoms with van der Waals surface area (Å²) in [6.45, 7) is 4.77. The van der Waals surface area contributed by atoms with E-state index in [1.165, 1.54) is 12.8 Å². The molecule has 2 aliphatic carbocycles. The molecule has 2 aromatic heterocycles. The number of hydrogen-bond acceptors (Lipinski definition) is 7. The van der Waals surface area contributed by atoms with Crippen molar-refractivity contribution in [3.05, 3.63) is 46.6 Å². The highest BCUT2D eigenvalue weighted by molar-refractivity contribution is 6.00. The molecule has 35 heavy (non-hydrogen) atoms. The van der Waals surface area contributed by atoms with Crippen molar-refractivity contribution in [3.8, 4) is 11.3 Å². The number of nitrogen functional groups attached to an aromatic ring is 1. The van der Waals surface area contributed by atoms with Gasteiger partial charge < -0.3 is 20.8 Å². The van der Waals surface area contributed by atoms with Gasteiger partial charge in [0, 0.05) is 36.0 Å². The summed E-state index contributed by atoms with van der Waals surface area (Å²) in [4.78, 5) is 20.0. The molecule has 5 N–H and O–H groups in total. The molecule has 0 saturated heterocycles. The number of nitrogens with one attached hydrogen (secondary N) is 1. The number of anilines is 1. The number of carbonyl (C=O) groups is 1. The quantitative estimate of drug-likeness (QED) is 0.402.